The molecule has 15 heavy (non-hydrogen) atoms. The van der Waals surface area contributed by atoms with E-state index in [1.54, 1.807) is 6.92 Å². The topological polar surface area (TPSA) is 26.3 Å². The molecule has 0 saturated heterocycles. The van der Waals surface area contributed by atoms with Crippen LogP contribution in [0.3, 0.4) is 0 Å². The summed E-state index contributed by atoms with van der Waals surface area (Å²) in [6.07, 6.45) is -5.38. The minimum Gasteiger partial charge on any atom is -0.459 e. The predicted octanol–water partition coefficient (Wildman–Crippen LogP) is 2.77. The fraction of sp³-hybridized carbons (Fsp3) is 0.875. The number of carbonyl (C=O) groups is 1. The fourth-order valence-electron chi connectivity index (χ4n) is 0.553. The molecule has 0 radical (unpaired) electrons. The smallest absolute Gasteiger partial charge is 0.456 e. The van der Waals surface area contributed by atoms with Gasteiger partial charge in [0.2, 0.25) is 0 Å². The quantitative estimate of drug-likeness (QED) is 0.552. The van der Waals surface area contributed by atoms with Crippen LogP contribution in [0.4, 0.5) is 22.0 Å². The maximum Gasteiger partial charge on any atom is 0.456 e. The Morgan fingerprint density at radius 2 is 1.73 bits per heavy atom. The highest BCUT2D eigenvalue weighted by atomic mass is 19.4. The van der Waals surface area contributed by atoms with Crippen molar-refractivity contribution in [2.75, 3.05) is 6.61 Å². The van der Waals surface area contributed by atoms with Crippen molar-refractivity contribution in [2.24, 2.45) is 5.92 Å². The summed E-state index contributed by atoms with van der Waals surface area (Å²) in [4.78, 5) is 10.8. The first kappa shape index (κ1) is 14.1. The van der Waals surface area contributed by atoms with Crippen LogP contribution >= 0.6 is 0 Å². The van der Waals surface area contributed by atoms with Crippen molar-refractivity contribution in [2.45, 2.75) is 32.4 Å². The largest absolute Gasteiger partial charge is 0.459 e. The van der Waals surface area contributed by atoms with Crippen LogP contribution in [0.25, 0.3) is 0 Å². The van der Waals surface area contributed by atoms with Crippen LogP contribution in [0.5, 0.6) is 0 Å². The van der Waals surface area contributed by atoms with Gasteiger partial charge in [0.25, 0.3) is 0 Å². The molecule has 0 rings (SSSR count). The molecule has 0 aliphatic carbocycles. The average molecular weight is 234 g/mol. The number of hydrogen-bond donors (Lipinski definition) is 0. The molecular formula is C8H11F5O2. The summed E-state index contributed by atoms with van der Waals surface area (Å²) >= 11 is 0. The molecule has 0 saturated carbocycles. The minimum absolute atomic E-state index is 0.316. The van der Waals surface area contributed by atoms with E-state index in [1.165, 1.54) is 6.92 Å². The van der Waals surface area contributed by atoms with Gasteiger partial charge in [0.1, 0.15) is 0 Å². The molecule has 0 aromatic heterocycles. The van der Waals surface area contributed by atoms with Gasteiger partial charge in [-0.25, -0.2) is 0 Å². The number of hydrogen-bond acceptors (Lipinski definition) is 2. The van der Waals surface area contributed by atoms with Crippen molar-refractivity contribution in [1.29, 1.82) is 0 Å². The lowest BCUT2D eigenvalue weighted by atomic mass is 10.1. The van der Waals surface area contributed by atoms with Crippen molar-refractivity contribution in [3.63, 3.8) is 0 Å². The van der Waals surface area contributed by atoms with Crippen LogP contribution in [-0.4, -0.2) is 24.7 Å². The van der Waals surface area contributed by atoms with Gasteiger partial charge in [-0.1, -0.05) is 13.8 Å². The van der Waals surface area contributed by atoms with Gasteiger partial charge in [-0.05, 0) is 6.42 Å². The molecule has 2 nitrogen and oxygen atoms in total. The summed E-state index contributed by atoms with van der Waals surface area (Å²) < 4.78 is 63.3. The second kappa shape index (κ2) is 4.76. The van der Waals surface area contributed by atoms with Crippen molar-refractivity contribution in [3.8, 4) is 0 Å². The Balaban J connectivity index is 4.22. The highest BCUT2D eigenvalue weighted by Crippen LogP contribution is 2.35. The Hall–Kier alpha value is -0.880. The van der Waals surface area contributed by atoms with Gasteiger partial charge in [0, 0.05) is 0 Å². The van der Waals surface area contributed by atoms with E-state index in [4.69, 9.17) is 0 Å². The molecular weight excluding hydrogens is 223 g/mol. The summed E-state index contributed by atoms with van der Waals surface area (Å²) in [7, 11) is 0. The molecule has 90 valence electrons. The van der Waals surface area contributed by atoms with Gasteiger partial charge in [-0.15, -0.1) is 0 Å². The molecule has 0 amide bonds. The Bertz CT molecular complexity index is 224. The SMILES string of the molecule is CCC(C)C(=O)OCC(F)(F)C(F)(F)F. The number of esters is 1. The first-order chi connectivity index (χ1) is 6.62. The summed E-state index contributed by atoms with van der Waals surface area (Å²) in [5, 5.41) is 0. The summed E-state index contributed by atoms with van der Waals surface area (Å²) in [6.45, 7) is 1.02. The fourth-order valence-corrected chi connectivity index (χ4v) is 0.553. The highest BCUT2D eigenvalue weighted by Gasteiger charge is 2.58. The van der Waals surface area contributed by atoms with Crippen LogP contribution in [0.2, 0.25) is 0 Å². The molecule has 0 aliphatic heterocycles. The Morgan fingerprint density at radius 3 is 2.07 bits per heavy atom. The third-order valence-electron chi connectivity index (χ3n) is 1.83. The lowest BCUT2D eigenvalue weighted by Crippen LogP contribution is -2.41. The van der Waals surface area contributed by atoms with Gasteiger partial charge in [-0.3, -0.25) is 4.79 Å². The van der Waals surface area contributed by atoms with Gasteiger partial charge in [0.15, 0.2) is 6.61 Å². The van der Waals surface area contributed by atoms with E-state index in [0.717, 1.165) is 0 Å². The first-order valence-electron chi connectivity index (χ1n) is 4.23. The van der Waals surface area contributed by atoms with E-state index in [1.807, 2.05) is 0 Å². The average Bonchev–Trinajstić information content (AvgIpc) is 2.11. The van der Waals surface area contributed by atoms with Gasteiger partial charge < -0.3 is 4.74 Å². The molecule has 0 heterocycles. The molecule has 0 aromatic rings. The number of rotatable bonds is 4. The molecule has 0 aromatic carbocycles. The Morgan fingerprint density at radius 1 is 1.27 bits per heavy atom. The van der Waals surface area contributed by atoms with E-state index in [-0.39, 0.29) is 0 Å². The second-order valence-corrected chi connectivity index (χ2v) is 3.12. The van der Waals surface area contributed by atoms with E-state index >= 15 is 0 Å². The van der Waals surface area contributed by atoms with Crippen LogP contribution in [0.1, 0.15) is 20.3 Å². The minimum atomic E-state index is -5.69. The van der Waals surface area contributed by atoms with Gasteiger partial charge >= 0.3 is 18.1 Å². The van der Waals surface area contributed by atoms with E-state index in [2.05, 4.69) is 4.74 Å². The van der Waals surface area contributed by atoms with Crippen molar-refractivity contribution >= 4 is 5.97 Å². The first-order valence-corrected chi connectivity index (χ1v) is 4.23. The van der Waals surface area contributed by atoms with Crippen LogP contribution < -0.4 is 0 Å². The Labute approximate surface area is 83.4 Å². The number of carbonyl (C=O) groups excluding carboxylic acids is 1. The van der Waals surface area contributed by atoms with Crippen molar-refractivity contribution < 1.29 is 31.5 Å². The van der Waals surface area contributed by atoms with Crippen molar-refractivity contribution in [3.05, 3.63) is 0 Å². The lowest BCUT2D eigenvalue weighted by molar-refractivity contribution is -0.294. The standard InChI is InChI=1S/C8H11F5O2/c1-3-5(2)6(14)15-4-7(9,10)8(11,12)13/h5H,3-4H2,1-2H3. The maximum absolute atomic E-state index is 12.3. The zero-order valence-corrected chi connectivity index (χ0v) is 8.20. The van der Waals surface area contributed by atoms with E-state index in [0.29, 0.717) is 6.42 Å². The zero-order valence-electron chi connectivity index (χ0n) is 8.20. The van der Waals surface area contributed by atoms with E-state index in [9.17, 15) is 26.7 Å². The van der Waals surface area contributed by atoms with Crippen LogP contribution in [0.15, 0.2) is 0 Å². The zero-order chi connectivity index (χ0) is 12.3. The van der Waals surface area contributed by atoms with Gasteiger partial charge in [0.05, 0.1) is 5.92 Å². The molecule has 1 atom stereocenters. The number of alkyl halides is 5. The summed E-state index contributed by atoms with van der Waals surface area (Å²) in [6, 6.07) is 0. The monoisotopic (exact) mass is 234 g/mol. The summed E-state index contributed by atoms with van der Waals surface area (Å²) in [5.41, 5.74) is 0. The molecule has 0 fully saturated rings. The molecule has 0 bridgehead atoms. The highest BCUT2D eigenvalue weighted by molar-refractivity contribution is 5.71. The second-order valence-electron chi connectivity index (χ2n) is 3.12. The third kappa shape index (κ3) is 4.01. The molecule has 7 heteroatoms. The number of halogens is 5. The lowest BCUT2D eigenvalue weighted by Gasteiger charge is -2.19. The molecule has 0 N–H and O–H groups in total. The Kier molecular flexibility index (Phi) is 4.48. The molecule has 1 unspecified atom stereocenters. The van der Waals surface area contributed by atoms with Gasteiger partial charge in [-0.2, -0.15) is 22.0 Å². The molecule has 0 spiro atoms. The van der Waals surface area contributed by atoms with Crippen molar-refractivity contribution in [1.82, 2.24) is 0 Å². The van der Waals surface area contributed by atoms with Crippen LogP contribution in [-0.2, 0) is 9.53 Å². The molecule has 0 aliphatic rings. The number of ether oxygens (including phenoxy) is 1. The normalized spacial score (nSPS) is 14.9. The predicted molar refractivity (Wildman–Crippen MR) is 41.4 cm³/mol. The summed E-state index contributed by atoms with van der Waals surface area (Å²) in [5.74, 6) is -6.73. The maximum atomic E-state index is 12.3. The third-order valence-corrected chi connectivity index (χ3v) is 1.83. The van der Waals surface area contributed by atoms with E-state index < -0.39 is 30.6 Å². The van der Waals surface area contributed by atoms with Crippen LogP contribution in [0, 0.1) is 5.92 Å².